The lowest BCUT2D eigenvalue weighted by Gasteiger charge is -2.06. The van der Waals surface area contributed by atoms with Crippen LogP contribution in [0.5, 0.6) is 0 Å². The SMILES string of the molecule is CCCNc1ncc(C)c(Sc2nc3ccccc3s2)n1. The van der Waals surface area contributed by atoms with Crippen molar-refractivity contribution < 1.29 is 0 Å². The number of hydrogen-bond acceptors (Lipinski definition) is 6. The topological polar surface area (TPSA) is 50.7 Å². The zero-order chi connectivity index (χ0) is 14.7. The van der Waals surface area contributed by atoms with Gasteiger partial charge in [0.2, 0.25) is 5.95 Å². The van der Waals surface area contributed by atoms with Crippen LogP contribution in [0.25, 0.3) is 10.2 Å². The molecular weight excluding hydrogens is 300 g/mol. The highest BCUT2D eigenvalue weighted by Crippen LogP contribution is 2.34. The van der Waals surface area contributed by atoms with Gasteiger partial charge in [0.15, 0.2) is 4.34 Å². The quantitative estimate of drug-likeness (QED) is 0.708. The molecule has 3 rings (SSSR count). The van der Waals surface area contributed by atoms with Crippen molar-refractivity contribution in [1.29, 1.82) is 0 Å². The first-order chi connectivity index (χ1) is 10.3. The summed E-state index contributed by atoms with van der Waals surface area (Å²) in [5, 5.41) is 4.18. The molecule has 3 aromatic rings. The highest BCUT2D eigenvalue weighted by atomic mass is 32.2. The van der Waals surface area contributed by atoms with Crippen molar-refractivity contribution in [3.05, 3.63) is 36.0 Å². The summed E-state index contributed by atoms with van der Waals surface area (Å²) in [7, 11) is 0. The van der Waals surface area contributed by atoms with Gasteiger partial charge < -0.3 is 5.32 Å². The molecule has 0 fully saturated rings. The zero-order valence-electron chi connectivity index (χ0n) is 12.0. The maximum absolute atomic E-state index is 4.64. The Morgan fingerprint density at radius 1 is 1.24 bits per heavy atom. The van der Waals surface area contributed by atoms with Crippen molar-refractivity contribution in [1.82, 2.24) is 15.0 Å². The van der Waals surface area contributed by atoms with E-state index in [4.69, 9.17) is 0 Å². The number of aromatic nitrogens is 3. The van der Waals surface area contributed by atoms with Gasteiger partial charge in [-0.05, 0) is 37.2 Å². The Hall–Kier alpha value is -1.66. The van der Waals surface area contributed by atoms with E-state index in [1.165, 1.54) is 4.70 Å². The van der Waals surface area contributed by atoms with Crippen LogP contribution >= 0.6 is 23.1 Å². The second kappa shape index (κ2) is 6.41. The molecule has 21 heavy (non-hydrogen) atoms. The third-order valence-electron chi connectivity index (χ3n) is 2.92. The molecule has 2 heterocycles. The summed E-state index contributed by atoms with van der Waals surface area (Å²) >= 11 is 3.30. The van der Waals surface area contributed by atoms with Crippen LogP contribution < -0.4 is 5.32 Å². The molecule has 108 valence electrons. The van der Waals surface area contributed by atoms with Crippen LogP contribution in [0.2, 0.25) is 0 Å². The van der Waals surface area contributed by atoms with Crippen LogP contribution in [0.1, 0.15) is 18.9 Å². The fourth-order valence-electron chi connectivity index (χ4n) is 1.83. The van der Waals surface area contributed by atoms with Crippen LogP contribution in [0, 0.1) is 6.92 Å². The number of hydrogen-bond donors (Lipinski definition) is 1. The lowest BCUT2D eigenvalue weighted by molar-refractivity contribution is 0.925. The number of thiazole rings is 1. The van der Waals surface area contributed by atoms with Crippen LogP contribution in [0.15, 0.2) is 39.8 Å². The first kappa shape index (κ1) is 14.3. The number of nitrogens with zero attached hydrogens (tertiary/aromatic N) is 3. The highest BCUT2D eigenvalue weighted by Gasteiger charge is 2.10. The fraction of sp³-hybridized carbons (Fsp3) is 0.267. The first-order valence-electron chi connectivity index (χ1n) is 6.87. The largest absolute Gasteiger partial charge is 0.354 e. The minimum Gasteiger partial charge on any atom is -0.354 e. The number of para-hydroxylation sites is 1. The van der Waals surface area contributed by atoms with Crippen molar-refractivity contribution in [2.45, 2.75) is 29.6 Å². The molecule has 0 radical (unpaired) electrons. The van der Waals surface area contributed by atoms with Crippen LogP contribution in [0.4, 0.5) is 5.95 Å². The van der Waals surface area contributed by atoms with E-state index >= 15 is 0 Å². The minimum atomic E-state index is 0.686. The van der Waals surface area contributed by atoms with E-state index < -0.39 is 0 Å². The van der Waals surface area contributed by atoms with Gasteiger partial charge in [-0.3, -0.25) is 0 Å². The van der Waals surface area contributed by atoms with Crippen LogP contribution in [-0.4, -0.2) is 21.5 Å². The average Bonchev–Trinajstić information content (AvgIpc) is 2.90. The molecule has 1 N–H and O–H groups in total. The second-order valence-electron chi connectivity index (χ2n) is 4.66. The van der Waals surface area contributed by atoms with Crippen molar-refractivity contribution >= 4 is 39.3 Å². The molecule has 0 saturated carbocycles. The summed E-state index contributed by atoms with van der Waals surface area (Å²) < 4.78 is 2.22. The summed E-state index contributed by atoms with van der Waals surface area (Å²) in [6, 6.07) is 8.19. The normalized spacial score (nSPS) is 11.0. The lowest BCUT2D eigenvalue weighted by atomic mass is 10.3. The third kappa shape index (κ3) is 3.33. The second-order valence-corrected chi connectivity index (χ2v) is 6.92. The van der Waals surface area contributed by atoms with Gasteiger partial charge in [0, 0.05) is 18.3 Å². The van der Waals surface area contributed by atoms with E-state index in [0.29, 0.717) is 5.95 Å². The predicted molar refractivity (Wildman–Crippen MR) is 89.3 cm³/mol. The van der Waals surface area contributed by atoms with E-state index in [9.17, 15) is 0 Å². The molecular formula is C15H16N4S2. The van der Waals surface area contributed by atoms with E-state index in [2.05, 4.69) is 33.3 Å². The van der Waals surface area contributed by atoms with Gasteiger partial charge in [0.05, 0.1) is 10.2 Å². The van der Waals surface area contributed by atoms with Gasteiger partial charge in [-0.15, -0.1) is 11.3 Å². The molecule has 0 atom stereocenters. The number of fused-ring (bicyclic) bond motifs is 1. The Labute approximate surface area is 132 Å². The molecule has 0 bridgehead atoms. The Morgan fingerprint density at radius 3 is 2.90 bits per heavy atom. The molecule has 4 nitrogen and oxygen atoms in total. The third-order valence-corrected chi connectivity index (χ3v) is 5.12. The van der Waals surface area contributed by atoms with Crippen LogP contribution in [-0.2, 0) is 0 Å². The smallest absolute Gasteiger partial charge is 0.223 e. The van der Waals surface area contributed by atoms with Gasteiger partial charge in [-0.2, -0.15) is 0 Å². The number of nitrogens with one attached hydrogen (secondary N) is 1. The number of benzene rings is 1. The molecule has 0 saturated heterocycles. The number of rotatable bonds is 5. The summed E-state index contributed by atoms with van der Waals surface area (Å²) in [5.41, 5.74) is 2.11. The number of anilines is 1. The van der Waals surface area contributed by atoms with Gasteiger partial charge in [0.25, 0.3) is 0 Å². The standard InChI is InChI=1S/C15H16N4S2/c1-3-8-16-14-17-9-10(2)13(19-14)21-15-18-11-6-4-5-7-12(11)20-15/h4-7,9H,3,8H2,1-2H3,(H,16,17,19). The Bertz CT molecular complexity index is 721. The molecule has 1 aromatic carbocycles. The minimum absolute atomic E-state index is 0.686. The maximum Gasteiger partial charge on any atom is 0.223 e. The van der Waals surface area contributed by atoms with Crippen molar-refractivity contribution in [3.8, 4) is 0 Å². The van der Waals surface area contributed by atoms with Crippen molar-refractivity contribution in [2.24, 2.45) is 0 Å². The van der Waals surface area contributed by atoms with E-state index in [1.807, 2.05) is 31.3 Å². The summed E-state index contributed by atoms with van der Waals surface area (Å²) in [5.74, 6) is 0.686. The molecule has 0 spiro atoms. The predicted octanol–water partition coefficient (Wildman–Crippen LogP) is 4.37. The van der Waals surface area contributed by atoms with Gasteiger partial charge in [0.1, 0.15) is 5.03 Å². The molecule has 2 aromatic heterocycles. The monoisotopic (exact) mass is 316 g/mol. The average molecular weight is 316 g/mol. The van der Waals surface area contributed by atoms with Gasteiger partial charge in [-0.25, -0.2) is 15.0 Å². The van der Waals surface area contributed by atoms with Crippen molar-refractivity contribution in [2.75, 3.05) is 11.9 Å². The Kier molecular flexibility index (Phi) is 4.36. The highest BCUT2D eigenvalue weighted by molar-refractivity contribution is 8.01. The lowest BCUT2D eigenvalue weighted by Crippen LogP contribution is -2.05. The van der Waals surface area contributed by atoms with E-state index in [1.54, 1.807) is 23.1 Å². The zero-order valence-corrected chi connectivity index (χ0v) is 13.6. The molecule has 6 heteroatoms. The molecule has 0 aliphatic carbocycles. The molecule has 0 amide bonds. The Balaban J connectivity index is 1.86. The molecule has 0 unspecified atom stereocenters. The maximum atomic E-state index is 4.64. The first-order valence-corrected chi connectivity index (χ1v) is 8.50. The summed E-state index contributed by atoms with van der Waals surface area (Å²) in [4.78, 5) is 13.5. The molecule has 0 aliphatic rings. The van der Waals surface area contributed by atoms with Gasteiger partial charge >= 0.3 is 0 Å². The van der Waals surface area contributed by atoms with E-state index in [-0.39, 0.29) is 0 Å². The Morgan fingerprint density at radius 2 is 2.10 bits per heavy atom. The van der Waals surface area contributed by atoms with Crippen LogP contribution in [0.3, 0.4) is 0 Å². The van der Waals surface area contributed by atoms with E-state index in [0.717, 1.165) is 33.4 Å². The summed E-state index contributed by atoms with van der Waals surface area (Å²) in [6.07, 6.45) is 2.91. The van der Waals surface area contributed by atoms with Crippen molar-refractivity contribution in [3.63, 3.8) is 0 Å². The number of aryl methyl sites for hydroxylation is 1. The fourth-order valence-corrected chi connectivity index (χ4v) is 3.85. The molecule has 0 aliphatic heterocycles. The van der Waals surface area contributed by atoms with Gasteiger partial charge in [-0.1, -0.05) is 19.1 Å². The summed E-state index contributed by atoms with van der Waals surface area (Å²) in [6.45, 7) is 5.03.